The van der Waals surface area contributed by atoms with Crippen LogP contribution in [0.15, 0.2) is 48.5 Å². The van der Waals surface area contributed by atoms with Crippen LogP contribution in [0.3, 0.4) is 0 Å². The third-order valence-electron chi connectivity index (χ3n) is 2.15. The van der Waals surface area contributed by atoms with Crippen LogP contribution in [0.4, 0.5) is 0 Å². The van der Waals surface area contributed by atoms with E-state index in [0.717, 1.165) is 11.3 Å². The van der Waals surface area contributed by atoms with Crippen LogP contribution in [0.2, 0.25) is 0 Å². The lowest BCUT2D eigenvalue weighted by Crippen LogP contribution is -1.97. The number of pyridine rings is 1. The molecule has 16 heavy (non-hydrogen) atoms. The third kappa shape index (κ3) is 2.74. The maximum atomic E-state index is 10.7. The first kappa shape index (κ1) is 11.0. The predicted molar refractivity (Wildman–Crippen MR) is 64.1 cm³/mol. The lowest BCUT2D eigenvalue weighted by Gasteiger charge is -2.02. The molecule has 0 aliphatic rings. The Labute approximate surface area is 96.5 Å². The standard InChI is InChI=1S/C12H11NO2S/c14-16(15)9-11-7-4-8-12(13-11)10-5-2-1-3-6-10/h1-8H,9H2,(H,14,15). The van der Waals surface area contributed by atoms with Gasteiger partial charge in [-0.2, -0.15) is 0 Å². The van der Waals surface area contributed by atoms with Crippen molar-refractivity contribution in [3.05, 3.63) is 54.2 Å². The highest BCUT2D eigenvalue weighted by atomic mass is 32.2. The molecule has 0 saturated heterocycles. The molecule has 0 bridgehead atoms. The molecule has 1 atom stereocenters. The number of rotatable bonds is 3. The van der Waals surface area contributed by atoms with Crippen molar-refractivity contribution in [3.63, 3.8) is 0 Å². The summed E-state index contributed by atoms with van der Waals surface area (Å²) >= 11 is -1.84. The molecular formula is C12H11NO2S. The molecule has 1 unspecified atom stereocenters. The first-order valence-corrected chi connectivity index (χ1v) is 6.12. The molecule has 82 valence electrons. The van der Waals surface area contributed by atoms with Crippen LogP contribution >= 0.6 is 0 Å². The predicted octanol–water partition coefficient (Wildman–Crippen LogP) is 2.47. The van der Waals surface area contributed by atoms with E-state index in [-0.39, 0.29) is 5.75 Å². The summed E-state index contributed by atoms with van der Waals surface area (Å²) in [6.45, 7) is 0. The maximum absolute atomic E-state index is 10.7. The summed E-state index contributed by atoms with van der Waals surface area (Å²) in [7, 11) is 0. The van der Waals surface area contributed by atoms with Crippen LogP contribution in [0.25, 0.3) is 11.3 Å². The van der Waals surface area contributed by atoms with Gasteiger partial charge < -0.3 is 4.55 Å². The van der Waals surface area contributed by atoms with Crippen LogP contribution in [-0.2, 0) is 16.8 Å². The van der Waals surface area contributed by atoms with Gasteiger partial charge in [0.2, 0.25) is 0 Å². The number of benzene rings is 1. The largest absolute Gasteiger partial charge is 0.306 e. The average molecular weight is 233 g/mol. The highest BCUT2D eigenvalue weighted by Crippen LogP contribution is 2.16. The zero-order valence-electron chi connectivity index (χ0n) is 8.54. The first-order valence-electron chi connectivity index (χ1n) is 4.84. The highest BCUT2D eigenvalue weighted by Gasteiger charge is 2.02. The first-order chi connectivity index (χ1) is 7.75. The lowest BCUT2D eigenvalue weighted by molar-refractivity contribution is 0.563. The molecular weight excluding hydrogens is 222 g/mol. The van der Waals surface area contributed by atoms with Crippen LogP contribution < -0.4 is 0 Å². The number of nitrogens with zero attached hydrogens (tertiary/aromatic N) is 1. The van der Waals surface area contributed by atoms with Gasteiger partial charge in [-0.1, -0.05) is 36.4 Å². The molecule has 3 nitrogen and oxygen atoms in total. The molecule has 1 heterocycles. The van der Waals surface area contributed by atoms with Crippen molar-refractivity contribution >= 4 is 11.1 Å². The van der Waals surface area contributed by atoms with Gasteiger partial charge in [-0.15, -0.1) is 0 Å². The van der Waals surface area contributed by atoms with Gasteiger partial charge >= 0.3 is 0 Å². The highest BCUT2D eigenvalue weighted by molar-refractivity contribution is 7.78. The Balaban J connectivity index is 2.33. The summed E-state index contributed by atoms with van der Waals surface area (Å²) in [5, 5.41) is 0. The second-order valence-corrected chi connectivity index (χ2v) is 4.28. The van der Waals surface area contributed by atoms with E-state index in [4.69, 9.17) is 4.55 Å². The SMILES string of the molecule is O=S(O)Cc1cccc(-c2ccccc2)n1. The molecule has 1 aromatic heterocycles. The van der Waals surface area contributed by atoms with E-state index in [1.807, 2.05) is 42.5 Å². The van der Waals surface area contributed by atoms with E-state index in [1.165, 1.54) is 0 Å². The molecule has 2 aromatic rings. The zero-order valence-corrected chi connectivity index (χ0v) is 9.35. The Kier molecular flexibility index (Phi) is 3.44. The van der Waals surface area contributed by atoms with E-state index < -0.39 is 11.1 Å². The molecule has 0 fully saturated rings. The molecule has 0 radical (unpaired) electrons. The normalized spacial score (nSPS) is 12.3. The minimum Gasteiger partial charge on any atom is -0.306 e. The monoisotopic (exact) mass is 233 g/mol. The van der Waals surface area contributed by atoms with Crippen molar-refractivity contribution in [3.8, 4) is 11.3 Å². The van der Waals surface area contributed by atoms with E-state index in [2.05, 4.69) is 4.98 Å². The van der Waals surface area contributed by atoms with E-state index in [1.54, 1.807) is 6.07 Å². The fourth-order valence-electron chi connectivity index (χ4n) is 1.46. The van der Waals surface area contributed by atoms with Gasteiger partial charge in [-0.25, -0.2) is 4.21 Å². The Hall–Kier alpha value is -1.52. The molecule has 2 rings (SSSR count). The molecule has 0 amide bonds. The lowest BCUT2D eigenvalue weighted by atomic mass is 10.1. The fourth-order valence-corrected chi connectivity index (χ4v) is 1.87. The number of hydrogen-bond acceptors (Lipinski definition) is 2. The van der Waals surface area contributed by atoms with Gasteiger partial charge in [-0.05, 0) is 12.1 Å². The smallest absolute Gasteiger partial charge is 0.158 e. The summed E-state index contributed by atoms with van der Waals surface area (Å²) in [5.41, 5.74) is 2.46. The summed E-state index contributed by atoms with van der Waals surface area (Å²) < 4.78 is 19.5. The molecule has 0 saturated carbocycles. The van der Waals surface area contributed by atoms with Crippen LogP contribution in [0.5, 0.6) is 0 Å². The maximum Gasteiger partial charge on any atom is 0.158 e. The van der Waals surface area contributed by atoms with Gasteiger partial charge in [0.1, 0.15) is 0 Å². The van der Waals surface area contributed by atoms with Crippen molar-refractivity contribution in [2.75, 3.05) is 0 Å². The van der Waals surface area contributed by atoms with Crippen molar-refractivity contribution in [1.29, 1.82) is 0 Å². The molecule has 4 heteroatoms. The summed E-state index contributed by atoms with van der Waals surface area (Å²) in [5.74, 6) is 0.0701. The Morgan fingerprint density at radius 3 is 2.50 bits per heavy atom. The van der Waals surface area contributed by atoms with Crippen LogP contribution in [0, 0.1) is 0 Å². The van der Waals surface area contributed by atoms with Crippen molar-refractivity contribution in [2.24, 2.45) is 0 Å². The second-order valence-electron chi connectivity index (χ2n) is 3.35. The van der Waals surface area contributed by atoms with E-state index in [0.29, 0.717) is 5.69 Å². The Morgan fingerprint density at radius 1 is 1.06 bits per heavy atom. The van der Waals surface area contributed by atoms with Gasteiger partial charge in [0.05, 0.1) is 17.1 Å². The second kappa shape index (κ2) is 5.01. The van der Waals surface area contributed by atoms with E-state index >= 15 is 0 Å². The molecule has 1 aromatic carbocycles. The van der Waals surface area contributed by atoms with Crippen LogP contribution in [0.1, 0.15) is 5.69 Å². The molecule has 0 aliphatic heterocycles. The van der Waals surface area contributed by atoms with E-state index in [9.17, 15) is 4.21 Å². The van der Waals surface area contributed by atoms with Crippen molar-refractivity contribution in [1.82, 2.24) is 4.98 Å². The average Bonchev–Trinajstić information content (AvgIpc) is 2.30. The van der Waals surface area contributed by atoms with Gasteiger partial charge in [0.15, 0.2) is 11.1 Å². The minimum atomic E-state index is -1.84. The van der Waals surface area contributed by atoms with Crippen molar-refractivity contribution < 1.29 is 8.76 Å². The van der Waals surface area contributed by atoms with Crippen LogP contribution in [-0.4, -0.2) is 13.7 Å². The fraction of sp³-hybridized carbons (Fsp3) is 0.0833. The topological polar surface area (TPSA) is 50.2 Å². The third-order valence-corrected chi connectivity index (χ3v) is 2.69. The Bertz CT molecular complexity index is 499. The molecule has 0 spiro atoms. The van der Waals surface area contributed by atoms with Gasteiger partial charge in [-0.3, -0.25) is 4.98 Å². The number of aromatic nitrogens is 1. The minimum absolute atomic E-state index is 0.0701. The summed E-state index contributed by atoms with van der Waals surface area (Å²) in [6.07, 6.45) is 0. The molecule has 1 N–H and O–H groups in total. The summed E-state index contributed by atoms with van der Waals surface area (Å²) in [6, 6.07) is 15.2. The Morgan fingerprint density at radius 2 is 1.81 bits per heavy atom. The summed E-state index contributed by atoms with van der Waals surface area (Å²) in [4.78, 5) is 4.33. The van der Waals surface area contributed by atoms with Gasteiger partial charge in [0, 0.05) is 5.56 Å². The quantitative estimate of drug-likeness (QED) is 0.828. The zero-order chi connectivity index (χ0) is 11.4. The molecule has 0 aliphatic carbocycles. The van der Waals surface area contributed by atoms with Gasteiger partial charge in [0.25, 0.3) is 0 Å². The number of hydrogen-bond donors (Lipinski definition) is 1. The van der Waals surface area contributed by atoms with Crippen molar-refractivity contribution in [2.45, 2.75) is 5.75 Å².